The molecule has 1 aromatic heterocycles. The smallest absolute Gasteiger partial charge is 0.261 e. The first-order valence-electron chi connectivity index (χ1n) is 7.47. The van der Waals surface area contributed by atoms with Gasteiger partial charge in [-0.15, -0.1) is 0 Å². The Morgan fingerprint density at radius 3 is 3.17 bits per heavy atom. The molecule has 23 heavy (non-hydrogen) atoms. The lowest BCUT2D eigenvalue weighted by atomic mass is 10.1. The van der Waals surface area contributed by atoms with E-state index in [-0.39, 0.29) is 5.91 Å². The second-order valence-corrected chi connectivity index (χ2v) is 5.62. The maximum Gasteiger partial charge on any atom is 0.261 e. The summed E-state index contributed by atoms with van der Waals surface area (Å²) >= 11 is 5.96. The molecule has 0 spiro atoms. The minimum atomic E-state index is -0.532. The quantitative estimate of drug-likeness (QED) is 0.914. The maximum atomic E-state index is 12.3. The molecule has 2 aromatic rings. The Bertz CT molecular complexity index is 721. The number of aromatic nitrogens is 1. The number of amides is 1. The van der Waals surface area contributed by atoms with Crippen molar-refractivity contribution in [1.82, 2.24) is 10.3 Å². The molecule has 0 bridgehead atoms. The lowest BCUT2D eigenvalue weighted by Crippen LogP contribution is -2.37. The molecular weight excluding hydrogens is 316 g/mol. The predicted molar refractivity (Wildman–Crippen MR) is 86.8 cm³/mol. The number of pyridine rings is 1. The van der Waals surface area contributed by atoms with E-state index < -0.39 is 6.10 Å². The first-order chi connectivity index (χ1) is 11.2. The van der Waals surface area contributed by atoms with Gasteiger partial charge in [0, 0.05) is 29.7 Å². The summed E-state index contributed by atoms with van der Waals surface area (Å²) in [4.78, 5) is 16.5. The Kier molecular flexibility index (Phi) is 4.67. The van der Waals surface area contributed by atoms with Gasteiger partial charge in [0.2, 0.25) is 5.88 Å². The summed E-state index contributed by atoms with van der Waals surface area (Å²) in [5, 5.41) is 3.52. The summed E-state index contributed by atoms with van der Waals surface area (Å²) in [6.07, 6.45) is 1.65. The minimum Gasteiger partial charge on any atom is -0.480 e. The van der Waals surface area contributed by atoms with E-state index in [1.54, 1.807) is 18.3 Å². The largest absolute Gasteiger partial charge is 0.480 e. The zero-order chi connectivity index (χ0) is 16.2. The van der Waals surface area contributed by atoms with Crippen molar-refractivity contribution in [2.24, 2.45) is 0 Å². The van der Waals surface area contributed by atoms with Crippen molar-refractivity contribution in [2.75, 3.05) is 6.61 Å². The van der Waals surface area contributed by atoms with Crippen LogP contribution in [0.1, 0.15) is 18.1 Å². The highest BCUT2D eigenvalue weighted by molar-refractivity contribution is 6.30. The van der Waals surface area contributed by atoms with E-state index in [4.69, 9.17) is 21.1 Å². The molecule has 1 aliphatic heterocycles. The van der Waals surface area contributed by atoms with Crippen molar-refractivity contribution in [3.05, 3.63) is 52.7 Å². The van der Waals surface area contributed by atoms with Gasteiger partial charge in [-0.1, -0.05) is 17.7 Å². The molecule has 0 fully saturated rings. The number of carbonyl (C=O) groups excluding carboxylic acids is 1. The molecule has 0 radical (unpaired) electrons. The molecule has 0 unspecified atom stereocenters. The zero-order valence-electron chi connectivity index (χ0n) is 12.7. The van der Waals surface area contributed by atoms with Crippen molar-refractivity contribution in [3.8, 4) is 11.6 Å². The van der Waals surface area contributed by atoms with Gasteiger partial charge < -0.3 is 14.8 Å². The second kappa shape index (κ2) is 6.87. The van der Waals surface area contributed by atoms with Crippen LogP contribution >= 0.6 is 11.6 Å². The number of hydrogen-bond acceptors (Lipinski definition) is 4. The third-order valence-electron chi connectivity index (χ3n) is 3.57. The Balaban J connectivity index is 1.61. The molecule has 0 aliphatic carbocycles. The second-order valence-electron chi connectivity index (χ2n) is 5.18. The zero-order valence-corrected chi connectivity index (χ0v) is 13.5. The number of carbonyl (C=O) groups is 1. The number of nitrogens with one attached hydrogen (secondary N) is 1. The lowest BCUT2D eigenvalue weighted by Gasteiger charge is -2.13. The fourth-order valence-electron chi connectivity index (χ4n) is 2.48. The van der Waals surface area contributed by atoms with E-state index in [2.05, 4.69) is 10.3 Å². The predicted octanol–water partition coefficient (Wildman–Crippen LogP) is 2.75. The van der Waals surface area contributed by atoms with Crippen LogP contribution < -0.4 is 14.8 Å². The van der Waals surface area contributed by atoms with Gasteiger partial charge in [-0.25, -0.2) is 4.98 Å². The van der Waals surface area contributed by atoms with E-state index in [0.29, 0.717) is 36.2 Å². The molecule has 2 heterocycles. The van der Waals surface area contributed by atoms with E-state index in [0.717, 1.165) is 11.1 Å². The van der Waals surface area contributed by atoms with Gasteiger partial charge >= 0.3 is 0 Å². The van der Waals surface area contributed by atoms with Gasteiger partial charge in [0.15, 0.2) is 6.10 Å². The summed E-state index contributed by atoms with van der Waals surface area (Å²) in [5.74, 6) is 1.09. The first kappa shape index (κ1) is 15.6. The number of hydrogen-bond donors (Lipinski definition) is 1. The Labute approximate surface area is 139 Å². The summed E-state index contributed by atoms with van der Waals surface area (Å²) < 4.78 is 11.1. The van der Waals surface area contributed by atoms with Gasteiger partial charge in [-0.05, 0) is 36.8 Å². The van der Waals surface area contributed by atoms with Crippen molar-refractivity contribution in [2.45, 2.75) is 26.0 Å². The Morgan fingerprint density at radius 2 is 2.35 bits per heavy atom. The summed E-state index contributed by atoms with van der Waals surface area (Å²) in [6.45, 7) is 2.77. The third kappa shape index (κ3) is 3.56. The summed E-state index contributed by atoms with van der Waals surface area (Å²) in [5.41, 5.74) is 1.79. The SMILES string of the molecule is CCOc1ncccc1CNC(=O)[C@H]1Cc2cc(Cl)ccc2O1. The monoisotopic (exact) mass is 332 g/mol. The van der Waals surface area contributed by atoms with Crippen LogP contribution in [-0.4, -0.2) is 23.6 Å². The fourth-order valence-corrected chi connectivity index (χ4v) is 2.68. The molecule has 0 saturated carbocycles. The van der Waals surface area contributed by atoms with Crippen molar-refractivity contribution in [3.63, 3.8) is 0 Å². The number of ether oxygens (including phenoxy) is 2. The number of nitrogens with zero attached hydrogens (tertiary/aromatic N) is 1. The Hall–Kier alpha value is -2.27. The van der Waals surface area contributed by atoms with E-state index in [1.807, 2.05) is 25.1 Å². The topological polar surface area (TPSA) is 60.5 Å². The third-order valence-corrected chi connectivity index (χ3v) is 3.81. The van der Waals surface area contributed by atoms with Crippen molar-refractivity contribution in [1.29, 1.82) is 0 Å². The molecule has 6 heteroatoms. The first-order valence-corrected chi connectivity index (χ1v) is 7.84. The van der Waals surface area contributed by atoms with Gasteiger partial charge in [0.05, 0.1) is 6.61 Å². The number of rotatable bonds is 5. The van der Waals surface area contributed by atoms with E-state index >= 15 is 0 Å². The highest BCUT2D eigenvalue weighted by atomic mass is 35.5. The Morgan fingerprint density at radius 1 is 1.48 bits per heavy atom. The van der Waals surface area contributed by atoms with Crippen LogP contribution in [0, 0.1) is 0 Å². The molecule has 120 valence electrons. The fraction of sp³-hybridized carbons (Fsp3) is 0.294. The molecule has 1 aromatic carbocycles. The average Bonchev–Trinajstić information content (AvgIpc) is 2.97. The maximum absolute atomic E-state index is 12.3. The lowest BCUT2D eigenvalue weighted by molar-refractivity contribution is -0.127. The molecule has 5 nitrogen and oxygen atoms in total. The van der Waals surface area contributed by atoms with Gasteiger partial charge in [-0.2, -0.15) is 0 Å². The minimum absolute atomic E-state index is 0.163. The van der Waals surface area contributed by atoms with Crippen molar-refractivity contribution < 1.29 is 14.3 Å². The number of halogens is 1. The number of fused-ring (bicyclic) bond motifs is 1. The van der Waals surface area contributed by atoms with Crippen LogP contribution in [0.3, 0.4) is 0 Å². The van der Waals surface area contributed by atoms with Gasteiger partial charge in [0.1, 0.15) is 5.75 Å². The molecule has 1 N–H and O–H groups in total. The molecule has 1 atom stereocenters. The van der Waals surface area contributed by atoms with Crippen LogP contribution in [-0.2, 0) is 17.8 Å². The standard InChI is InChI=1S/C17H17ClN2O3/c1-2-22-17-11(4-3-7-19-17)10-20-16(21)15-9-12-8-13(18)5-6-14(12)23-15/h3-8,15H,2,9-10H2,1H3,(H,20,21)/t15-/m1/s1. The van der Waals surface area contributed by atoms with Gasteiger partial charge in [-0.3, -0.25) is 4.79 Å². The highest BCUT2D eigenvalue weighted by Gasteiger charge is 2.29. The van der Waals surface area contributed by atoms with Crippen LogP contribution in [0.15, 0.2) is 36.5 Å². The van der Waals surface area contributed by atoms with Crippen LogP contribution in [0.4, 0.5) is 0 Å². The van der Waals surface area contributed by atoms with E-state index in [1.165, 1.54) is 0 Å². The average molecular weight is 333 g/mol. The van der Waals surface area contributed by atoms with Crippen molar-refractivity contribution >= 4 is 17.5 Å². The molecule has 3 rings (SSSR count). The van der Waals surface area contributed by atoms with Crippen LogP contribution in [0.5, 0.6) is 11.6 Å². The summed E-state index contributed by atoms with van der Waals surface area (Å²) in [7, 11) is 0. The summed E-state index contributed by atoms with van der Waals surface area (Å²) in [6, 6.07) is 9.07. The van der Waals surface area contributed by atoms with Crippen LogP contribution in [0.25, 0.3) is 0 Å². The number of benzene rings is 1. The van der Waals surface area contributed by atoms with Crippen LogP contribution in [0.2, 0.25) is 5.02 Å². The molecule has 0 saturated heterocycles. The van der Waals surface area contributed by atoms with E-state index in [9.17, 15) is 4.79 Å². The molecular formula is C17H17ClN2O3. The van der Waals surface area contributed by atoms with Gasteiger partial charge in [0.25, 0.3) is 5.91 Å². The normalized spacial score (nSPS) is 15.7. The molecule has 1 amide bonds. The highest BCUT2D eigenvalue weighted by Crippen LogP contribution is 2.31. The molecule has 1 aliphatic rings.